The average molecular weight is 351 g/mol. The van der Waals surface area contributed by atoms with Crippen LogP contribution in [-0.4, -0.2) is 48.2 Å². The highest BCUT2D eigenvalue weighted by Crippen LogP contribution is 2.25. The van der Waals surface area contributed by atoms with Gasteiger partial charge in [0.1, 0.15) is 0 Å². The molecule has 0 saturated heterocycles. The summed E-state index contributed by atoms with van der Waals surface area (Å²) in [5.41, 5.74) is 0. The van der Waals surface area contributed by atoms with Crippen LogP contribution >= 0.6 is 22.9 Å². The molecule has 0 fully saturated rings. The van der Waals surface area contributed by atoms with Gasteiger partial charge < -0.3 is 4.90 Å². The Balaban J connectivity index is 2.32. The molecule has 7 nitrogen and oxygen atoms in total. The molecule has 1 atom stereocenters. The molecular weight excluding hydrogens is 336 g/mol. The number of carbonyl (C=O) groups is 1. The molecule has 0 bridgehead atoms. The number of aromatic nitrogens is 2. The van der Waals surface area contributed by atoms with E-state index < -0.39 is 16.1 Å². The fourth-order valence-electron chi connectivity index (χ4n) is 1.80. The van der Waals surface area contributed by atoms with Crippen LogP contribution in [0.2, 0.25) is 5.15 Å². The summed E-state index contributed by atoms with van der Waals surface area (Å²) in [5.74, 6) is -0.316. The van der Waals surface area contributed by atoms with E-state index in [1.807, 2.05) is 6.92 Å². The van der Waals surface area contributed by atoms with Gasteiger partial charge in [-0.05, 0) is 13.8 Å². The SMILES string of the molecule is CCN(C)C(=O)C(C)NS(=O)(=O)c1c(Cl)nc2sccn12. The minimum atomic E-state index is -3.95. The Morgan fingerprint density at radius 3 is 2.90 bits per heavy atom. The van der Waals surface area contributed by atoms with Crippen LogP contribution in [0.3, 0.4) is 0 Å². The largest absolute Gasteiger partial charge is 0.345 e. The van der Waals surface area contributed by atoms with Gasteiger partial charge in [-0.15, -0.1) is 11.3 Å². The number of imidazole rings is 1. The van der Waals surface area contributed by atoms with E-state index in [1.165, 1.54) is 27.6 Å². The topological polar surface area (TPSA) is 83.8 Å². The summed E-state index contributed by atoms with van der Waals surface area (Å²) in [6.07, 6.45) is 1.57. The summed E-state index contributed by atoms with van der Waals surface area (Å²) in [4.78, 5) is 17.9. The number of sulfonamides is 1. The maximum absolute atomic E-state index is 12.4. The van der Waals surface area contributed by atoms with E-state index in [2.05, 4.69) is 9.71 Å². The minimum absolute atomic E-state index is 0.113. The molecule has 10 heteroatoms. The Hall–Kier alpha value is -1.16. The number of halogens is 1. The summed E-state index contributed by atoms with van der Waals surface area (Å²) in [6.45, 7) is 3.79. The number of nitrogens with zero attached hydrogens (tertiary/aromatic N) is 3. The van der Waals surface area contributed by atoms with E-state index in [-0.39, 0.29) is 16.1 Å². The van der Waals surface area contributed by atoms with Crippen molar-refractivity contribution in [1.82, 2.24) is 19.0 Å². The maximum Gasteiger partial charge on any atom is 0.260 e. The Morgan fingerprint density at radius 2 is 2.29 bits per heavy atom. The fourth-order valence-corrected chi connectivity index (χ4v) is 4.45. The molecule has 0 aromatic carbocycles. The number of fused-ring (bicyclic) bond motifs is 1. The lowest BCUT2D eigenvalue weighted by Crippen LogP contribution is -2.45. The normalized spacial score (nSPS) is 13.5. The molecule has 0 saturated carbocycles. The third kappa shape index (κ3) is 3.05. The monoisotopic (exact) mass is 350 g/mol. The second kappa shape index (κ2) is 5.91. The molecule has 0 aliphatic carbocycles. The number of rotatable bonds is 5. The van der Waals surface area contributed by atoms with Crippen molar-refractivity contribution in [2.24, 2.45) is 0 Å². The van der Waals surface area contributed by atoms with Gasteiger partial charge in [0, 0.05) is 25.2 Å². The molecule has 21 heavy (non-hydrogen) atoms. The van der Waals surface area contributed by atoms with Gasteiger partial charge in [0.2, 0.25) is 5.91 Å². The van der Waals surface area contributed by atoms with E-state index in [0.717, 1.165) is 0 Å². The summed E-state index contributed by atoms with van der Waals surface area (Å²) in [7, 11) is -2.35. The van der Waals surface area contributed by atoms with E-state index >= 15 is 0 Å². The van der Waals surface area contributed by atoms with Crippen molar-refractivity contribution in [2.45, 2.75) is 24.9 Å². The van der Waals surface area contributed by atoms with Crippen molar-refractivity contribution >= 4 is 43.8 Å². The molecular formula is C11H15ClN4O3S2. The van der Waals surface area contributed by atoms with Crippen LogP contribution in [0.1, 0.15) is 13.8 Å². The molecule has 1 N–H and O–H groups in total. The highest BCUT2D eigenvalue weighted by atomic mass is 35.5. The summed E-state index contributed by atoms with van der Waals surface area (Å²) >= 11 is 7.18. The van der Waals surface area contributed by atoms with Crippen LogP contribution in [0.4, 0.5) is 0 Å². The van der Waals surface area contributed by atoms with Gasteiger partial charge in [-0.1, -0.05) is 11.6 Å². The minimum Gasteiger partial charge on any atom is -0.345 e. The first-order valence-electron chi connectivity index (χ1n) is 6.16. The van der Waals surface area contributed by atoms with Gasteiger partial charge in [0.05, 0.1) is 6.04 Å². The highest BCUT2D eigenvalue weighted by molar-refractivity contribution is 7.89. The van der Waals surface area contributed by atoms with Crippen LogP contribution in [0.25, 0.3) is 4.96 Å². The van der Waals surface area contributed by atoms with Crippen LogP contribution in [0.15, 0.2) is 16.6 Å². The van der Waals surface area contributed by atoms with E-state index in [0.29, 0.717) is 11.5 Å². The van der Waals surface area contributed by atoms with E-state index in [1.54, 1.807) is 18.6 Å². The Morgan fingerprint density at radius 1 is 1.62 bits per heavy atom. The first kappa shape index (κ1) is 16.2. The van der Waals surface area contributed by atoms with Gasteiger partial charge in [0.15, 0.2) is 15.1 Å². The molecule has 0 aliphatic heterocycles. The molecule has 2 aromatic heterocycles. The number of carbonyl (C=O) groups excluding carboxylic acids is 1. The third-order valence-corrected chi connectivity index (χ3v) is 5.68. The third-order valence-electron chi connectivity index (χ3n) is 2.99. The lowest BCUT2D eigenvalue weighted by Gasteiger charge is -2.20. The zero-order valence-corrected chi connectivity index (χ0v) is 14.1. The van der Waals surface area contributed by atoms with Crippen molar-refractivity contribution in [3.8, 4) is 0 Å². The van der Waals surface area contributed by atoms with E-state index in [9.17, 15) is 13.2 Å². The molecule has 116 valence electrons. The summed E-state index contributed by atoms with van der Waals surface area (Å²) in [5, 5.41) is 1.44. The number of nitrogens with one attached hydrogen (secondary N) is 1. The number of amides is 1. The zero-order valence-electron chi connectivity index (χ0n) is 11.7. The molecule has 0 radical (unpaired) electrons. The summed E-state index contributed by atoms with van der Waals surface area (Å²) < 4.78 is 28.6. The molecule has 2 heterocycles. The molecule has 0 aliphatic rings. The Bertz CT molecular complexity index is 768. The molecule has 1 amide bonds. The van der Waals surface area contributed by atoms with Crippen molar-refractivity contribution in [1.29, 1.82) is 0 Å². The molecule has 0 spiro atoms. The smallest absolute Gasteiger partial charge is 0.260 e. The molecule has 2 rings (SSSR count). The van der Waals surface area contributed by atoms with Crippen LogP contribution in [0.5, 0.6) is 0 Å². The molecule has 2 aromatic rings. The fraction of sp³-hybridized carbons (Fsp3) is 0.455. The van der Waals surface area contributed by atoms with Gasteiger partial charge in [-0.25, -0.2) is 13.4 Å². The number of hydrogen-bond donors (Lipinski definition) is 1. The lowest BCUT2D eigenvalue weighted by atomic mass is 10.3. The van der Waals surface area contributed by atoms with Gasteiger partial charge in [-0.3, -0.25) is 9.20 Å². The Labute approximate surface area is 131 Å². The molecule has 1 unspecified atom stereocenters. The van der Waals surface area contributed by atoms with Crippen LogP contribution < -0.4 is 4.72 Å². The predicted octanol–water partition coefficient (Wildman–Crippen LogP) is 1.19. The number of likely N-dealkylation sites (N-methyl/N-ethyl adjacent to an activating group) is 1. The number of hydrogen-bond acceptors (Lipinski definition) is 5. The second-order valence-electron chi connectivity index (χ2n) is 4.46. The van der Waals surface area contributed by atoms with Crippen LogP contribution in [-0.2, 0) is 14.8 Å². The van der Waals surface area contributed by atoms with Crippen molar-refractivity contribution in [3.63, 3.8) is 0 Å². The highest BCUT2D eigenvalue weighted by Gasteiger charge is 2.29. The zero-order chi connectivity index (χ0) is 15.8. The van der Waals surface area contributed by atoms with Gasteiger partial charge in [-0.2, -0.15) is 4.72 Å². The second-order valence-corrected chi connectivity index (χ2v) is 7.32. The maximum atomic E-state index is 12.4. The quantitative estimate of drug-likeness (QED) is 0.878. The van der Waals surface area contributed by atoms with Crippen LogP contribution in [0, 0.1) is 0 Å². The van der Waals surface area contributed by atoms with Crippen molar-refractivity contribution in [3.05, 3.63) is 16.7 Å². The van der Waals surface area contributed by atoms with E-state index in [4.69, 9.17) is 11.6 Å². The lowest BCUT2D eigenvalue weighted by molar-refractivity contribution is -0.131. The van der Waals surface area contributed by atoms with Gasteiger partial charge >= 0.3 is 0 Å². The van der Waals surface area contributed by atoms with Gasteiger partial charge in [0.25, 0.3) is 10.0 Å². The van der Waals surface area contributed by atoms with Crippen molar-refractivity contribution < 1.29 is 13.2 Å². The average Bonchev–Trinajstić information content (AvgIpc) is 2.95. The summed E-state index contributed by atoms with van der Waals surface area (Å²) in [6, 6.07) is -0.889. The number of thiazole rings is 1. The first-order valence-corrected chi connectivity index (χ1v) is 8.90. The Kier molecular flexibility index (Phi) is 4.57. The first-order chi connectivity index (χ1) is 9.77. The standard InChI is InChI=1S/C11H15ClN4O3S2/c1-4-15(3)9(17)7(2)14-21(18,19)10-8(12)13-11-16(10)5-6-20-11/h5-7,14H,4H2,1-3H3. The predicted molar refractivity (Wildman–Crippen MR) is 81.2 cm³/mol. The van der Waals surface area contributed by atoms with Crippen molar-refractivity contribution in [2.75, 3.05) is 13.6 Å².